The molecule has 0 aromatic rings. The van der Waals surface area contributed by atoms with Gasteiger partial charge in [0, 0.05) is 13.0 Å². The highest BCUT2D eigenvalue weighted by molar-refractivity contribution is 6.77. The van der Waals surface area contributed by atoms with E-state index >= 15 is 0 Å². The molecule has 0 aromatic heterocycles. The molecule has 5 nitrogen and oxygen atoms in total. The molecule has 154 valence electrons. The highest BCUT2D eigenvalue weighted by Crippen LogP contribution is 2.43. The van der Waals surface area contributed by atoms with Gasteiger partial charge in [-0.15, -0.1) is 0 Å². The zero-order valence-corrected chi connectivity index (χ0v) is 18.9. The Labute approximate surface area is 165 Å². The SMILES string of the molecule is CC(C)[Si](OCCCC1(CC=O)C=CC[C@@H]2COC(=O)N21)(C(C)C)C(C)C. The summed E-state index contributed by atoms with van der Waals surface area (Å²) in [6.07, 6.45) is 7.45. The molecule has 0 radical (unpaired) electrons. The van der Waals surface area contributed by atoms with Crippen LogP contribution in [0.3, 0.4) is 0 Å². The van der Waals surface area contributed by atoms with E-state index in [4.69, 9.17) is 9.16 Å². The van der Waals surface area contributed by atoms with Gasteiger partial charge in [-0.3, -0.25) is 4.90 Å². The van der Waals surface area contributed by atoms with Crippen molar-refractivity contribution in [1.82, 2.24) is 4.90 Å². The molecule has 1 unspecified atom stereocenters. The van der Waals surface area contributed by atoms with Gasteiger partial charge in [0.1, 0.15) is 12.9 Å². The minimum absolute atomic E-state index is 0.0545. The van der Waals surface area contributed by atoms with Crippen LogP contribution in [0.15, 0.2) is 12.2 Å². The zero-order valence-electron chi connectivity index (χ0n) is 17.9. The summed E-state index contributed by atoms with van der Waals surface area (Å²) in [6.45, 7) is 14.8. The lowest BCUT2D eigenvalue weighted by Gasteiger charge is -2.44. The molecule has 27 heavy (non-hydrogen) atoms. The standard InChI is InChI=1S/C21H37NO4Si/c1-16(2)27(17(3)4,18(5)6)26-14-8-11-21(12-13-23)10-7-9-19-15-25-20(24)22(19)21/h7,10,13,16-19H,8-9,11-12,14-15H2,1-6H3/t19-,21?/m1/s1. The zero-order chi connectivity index (χ0) is 20.2. The molecule has 0 spiro atoms. The first-order valence-electron chi connectivity index (χ1n) is 10.4. The van der Waals surface area contributed by atoms with Gasteiger partial charge >= 0.3 is 6.09 Å². The first-order valence-corrected chi connectivity index (χ1v) is 12.6. The topological polar surface area (TPSA) is 55.8 Å². The third-order valence-corrected chi connectivity index (χ3v) is 12.6. The van der Waals surface area contributed by atoms with Crippen molar-refractivity contribution in [1.29, 1.82) is 0 Å². The van der Waals surface area contributed by atoms with Crippen molar-refractivity contribution in [2.75, 3.05) is 13.2 Å². The third-order valence-electron chi connectivity index (χ3n) is 6.53. The van der Waals surface area contributed by atoms with Crippen LogP contribution in [0.2, 0.25) is 16.6 Å². The molecule has 2 atom stereocenters. The lowest BCUT2D eigenvalue weighted by molar-refractivity contribution is -0.109. The summed E-state index contributed by atoms with van der Waals surface area (Å²) in [4.78, 5) is 25.5. The summed E-state index contributed by atoms with van der Waals surface area (Å²) in [5.41, 5.74) is 1.09. The van der Waals surface area contributed by atoms with Crippen LogP contribution in [0.25, 0.3) is 0 Å². The van der Waals surface area contributed by atoms with E-state index in [0.717, 1.165) is 25.5 Å². The van der Waals surface area contributed by atoms with Crippen LogP contribution in [0.1, 0.15) is 67.2 Å². The molecule has 2 aliphatic rings. The number of cyclic esters (lactones) is 1. The van der Waals surface area contributed by atoms with Gasteiger partial charge in [0.2, 0.25) is 0 Å². The number of ether oxygens (including phenoxy) is 1. The molecule has 0 aromatic carbocycles. The van der Waals surface area contributed by atoms with E-state index < -0.39 is 13.9 Å². The second-order valence-electron chi connectivity index (χ2n) is 8.98. The van der Waals surface area contributed by atoms with Crippen molar-refractivity contribution in [3.63, 3.8) is 0 Å². The molecule has 2 rings (SSSR count). The van der Waals surface area contributed by atoms with Gasteiger partial charge in [0.25, 0.3) is 0 Å². The summed E-state index contributed by atoms with van der Waals surface area (Å²) < 4.78 is 11.9. The Kier molecular flexibility index (Phi) is 7.31. The van der Waals surface area contributed by atoms with Crippen LogP contribution in [0.4, 0.5) is 4.79 Å². The second-order valence-corrected chi connectivity index (χ2v) is 14.4. The van der Waals surface area contributed by atoms with Gasteiger partial charge in [0.15, 0.2) is 8.32 Å². The largest absolute Gasteiger partial charge is 0.447 e. The van der Waals surface area contributed by atoms with Crippen molar-refractivity contribution < 1.29 is 18.8 Å². The van der Waals surface area contributed by atoms with Crippen LogP contribution in [0.5, 0.6) is 0 Å². The summed E-state index contributed by atoms with van der Waals surface area (Å²) >= 11 is 0. The molecule has 1 saturated heterocycles. The Morgan fingerprint density at radius 2 is 1.89 bits per heavy atom. The average Bonchev–Trinajstić information content (AvgIpc) is 2.97. The van der Waals surface area contributed by atoms with E-state index in [1.165, 1.54) is 0 Å². The van der Waals surface area contributed by atoms with Gasteiger partial charge in [-0.2, -0.15) is 0 Å². The van der Waals surface area contributed by atoms with Crippen molar-refractivity contribution in [2.45, 2.75) is 95.4 Å². The van der Waals surface area contributed by atoms with E-state index in [-0.39, 0.29) is 12.1 Å². The fourth-order valence-electron chi connectivity index (χ4n) is 5.45. The predicted octanol–water partition coefficient (Wildman–Crippen LogP) is 5.07. The van der Waals surface area contributed by atoms with Crippen molar-refractivity contribution in [3.05, 3.63) is 12.2 Å². The van der Waals surface area contributed by atoms with Gasteiger partial charge in [-0.05, 0) is 35.9 Å². The molecule has 0 bridgehead atoms. The van der Waals surface area contributed by atoms with Gasteiger partial charge < -0.3 is 14.0 Å². The molecule has 1 amide bonds. The number of amides is 1. The van der Waals surface area contributed by atoms with Crippen LogP contribution < -0.4 is 0 Å². The molecule has 1 fully saturated rings. The normalized spacial score (nSPS) is 25.4. The number of fused-ring (bicyclic) bond motifs is 1. The fraction of sp³-hybridized carbons (Fsp3) is 0.810. The first-order chi connectivity index (χ1) is 12.7. The first kappa shape index (κ1) is 22.1. The lowest BCUT2D eigenvalue weighted by atomic mass is 9.83. The highest BCUT2D eigenvalue weighted by Gasteiger charge is 2.48. The van der Waals surface area contributed by atoms with E-state index in [2.05, 4.69) is 47.6 Å². The Bertz CT molecular complexity index is 539. The Hall–Kier alpha value is -1.14. The minimum Gasteiger partial charge on any atom is -0.447 e. The molecular formula is C21H37NO4Si. The smallest absolute Gasteiger partial charge is 0.410 e. The third kappa shape index (κ3) is 4.16. The molecule has 6 heteroatoms. The summed E-state index contributed by atoms with van der Waals surface area (Å²) in [5.74, 6) is 0. The van der Waals surface area contributed by atoms with E-state index in [0.29, 0.717) is 36.3 Å². The summed E-state index contributed by atoms with van der Waals surface area (Å²) in [5, 5.41) is 0. The fourth-order valence-corrected chi connectivity index (χ4v) is 10.9. The molecule has 0 aliphatic carbocycles. The Morgan fingerprint density at radius 3 is 2.44 bits per heavy atom. The number of nitrogens with zero attached hydrogens (tertiary/aromatic N) is 1. The van der Waals surface area contributed by atoms with Crippen LogP contribution >= 0.6 is 0 Å². The lowest BCUT2D eigenvalue weighted by Crippen LogP contribution is -2.54. The Balaban J connectivity index is 2.08. The molecule has 2 aliphatic heterocycles. The highest BCUT2D eigenvalue weighted by atomic mass is 28.4. The van der Waals surface area contributed by atoms with Crippen molar-refractivity contribution >= 4 is 20.7 Å². The van der Waals surface area contributed by atoms with Crippen LogP contribution in [-0.4, -0.2) is 50.4 Å². The molecule has 0 N–H and O–H groups in total. The van der Waals surface area contributed by atoms with Gasteiger partial charge in [0.05, 0.1) is 11.6 Å². The summed E-state index contributed by atoms with van der Waals surface area (Å²) in [7, 11) is -1.89. The van der Waals surface area contributed by atoms with Crippen LogP contribution in [0, 0.1) is 0 Å². The molecule has 0 saturated carbocycles. The predicted molar refractivity (Wildman–Crippen MR) is 110 cm³/mol. The number of carbonyl (C=O) groups is 2. The van der Waals surface area contributed by atoms with Crippen molar-refractivity contribution in [2.24, 2.45) is 0 Å². The maximum absolute atomic E-state index is 12.3. The average molecular weight is 396 g/mol. The van der Waals surface area contributed by atoms with E-state index in [1.807, 2.05) is 6.08 Å². The minimum atomic E-state index is -1.89. The number of hydrogen-bond acceptors (Lipinski definition) is 4. The van der Waals surface area contributed by atoms with E-state index in [1.54, 1.807) is 4.90 Å². The second kappa shape index (κ2) is 8.91. The number of aldehydes is 1. The maximum Gasteiger partial charge on any atom is 0.410 e. The maximum atomic E-state index is 12.3. The van der Waals surface area contributed by atoms with Gasteiger partial charge in [-0.1, -0.05) is 53.7 Å². The van der Waals surface area contributed by atoms with E-state index in [9.17, 15) is 9.59 Å². The number of hydrogen-bond donors (Lipinski definition) is 0. The molecular weight excluding hydrogens is 358 g/mol. The van der Waals surface area contributed by atoms with Crippen molar-refractivity contribution in [3.8, 4) is 0 Å². The van der Waals surface area contributed by atoms with Crippen LogP contribution in [-0.2, 0) is 14.0 Å². The quantitative estimate of drug-likeness (QED) is 0.224. The van der Waals surface area contributed by atoms with Gasteiger partial charge in [-0.25, -0.2) is 4.79 Å². The molecule has 2 heterocycles. The Morgan fingerprint density at radius 1 is 1.26 bits per heavy atom. The monoisotopic (exact) mass is 395 g/mol. The number of rotatable bonds is 10. The summed E-state index contributed by atoms with van der Waals surface area (Å²) in [6, 6.07) is 0.0545. The number of carbonyl (C=O) groups excluding carboxylic acids is 2.